The fraction of sp³-hybridized carbons (Fsp3) is 0.625. The van der Waals surface area contributed by atoms with Crippen LogP contribution in [0.3, 0.4) is 0 Å². The molecule has 5 nitrogen and oxygen atoms in total. The van der Waals surface area contributed by atoms with Crippen molar-refractivity contribution in [2.75, 3.05) is 20.1 Å². The second kappa shape index (κ2) is 7.77. The average Bonchev–Trinajstić information content (AvgIpc) is 2.94. The van der Waals surface area contributed by atoms with Gasteiger partial charge in [-0.1, -0.05) is 30.2 Å². The van der Waals surface area contributed by atoms with Crippen LogP contribution in [0.4, 0.5) is 0 Å². The molecule has 5 heteroatoms. The van der Waals surface area contributed by atoms with Crippen LogP contribution < -0.4 is 0 Å². The highest BCUT2D eigenvalue weighted by molar-refractivity contribution is 5.76. The highest BCUT2D eigenvalue weighted by Gasteiger charge is 2.53. The molecule has 1 aliphatic heterocycles. The summed E-state index contributed by atoms with van der Waals surface area (Å²) >= 11 is 0. The number of phenolic OH excluding ortho intramolecular Hbond substituents is 1. The molecule has 0 bridgehead atoms. The van der Waals surface area contributed by atoms with E-state index in [1.807, 2.05) is 11.9 Å². The standard InChI is InChI=1S/C24H33NO4/c1-15-5-4-10-24(2)12-22-18(11-20(15)24)19(23(28)29-22)13-25(3)14-21(27)16-6-8-17(26)9-7-16/h6-9,18-19,21-22,26-27H,4-5,10-14H2,1-3H3/t18-,19+,21+,22-,24-/m1/s1. The van der Waals surface area contributed by atoms with Crippen LogP contribution in [-0.2, 0) is 9.53 Å². The molecule has 1 aromatic carbocycles. The molecule has 3 aliphatic rings. The molecular formula is C24H33NO4. The second-order valence-corrected chi connectivity index (χ2v) is 9.66. The highest BCUT2D eigenvalue weighted by atomic mass is 16.6. The van der Waals surface area contributed by atoms with Gasteiger partial charge in [-0.15, -0.1) is 0 Å². The van der Waals surface area contributed by atoms with E-state index in [1.165, 1.54) is 24.8 Å². The van der Waals surface area contributed by atoms with E-state index in [0.717, 1.165) is 18.4 Å². The Bertz CT molecular complexity index is 802. The van der Waals surface area contributed by atoms with Crippen LogP contribution in [0.5, 0.6) is 5.75 Å². The van der Waals surface area contributed by atoms with Gasteiger partial charge in [0.1, 0.15) is 11.9 Å². The Kier molecular flexibility index (Phi) is 5.47. The van der Waals surface area contributed by atoms with Crippen molar-refractivity contribution in [3.8, 4) is 5.75 Å². The second-order valence-electron chi connectivity index (χ2n) is 9.66. The van der Waals surface area contributed by atoms with Gasteiger partial charge in [-0.05, 0) is 69.2 Å². The van der Waals surface area contributed by atoms with Crippen LogP contribution in [0.25, 0.3) is 0 Å². The van der Waals surface area contributed by atoms with Gasteiger partial charge in [0.25, 0.3) is 0 Å². The van der Waals surface area contributed by atoms with Gasteiger partial charge in [-0.25, -0.2) is 0 Å². The molecule has 2 N–H and O–H groups in total. The summed E-state index contributed by atoms with van der Waals surface area (Å²) < 4.78 is 5.85. The van der Waals surface area contributed by atoms with E-state index in [0.29, 0.717) is 13.1 Å². The molecule has 4 rings (SSSR count). The normalized spacial score (nSPS) is 32.7. The number of likely N-dealkylation sites (N-methyl/N-ethyl adjacent to an activating group) is 1. The number of phenols is 1. The molecule has 1 heterocycles. The molecule has 1 saturated carbocycles. The summed E-state index contributed by atoms with van der Waals surface area (Å²) in [4.78, 5) is 14.7. The number of rotatable bonds is 5. The summed E-state index contributed by atoms with van der Waals surface area (Å²) in [6.45, 7) is 5.64. The number of carbonyl (C=O) groups excluding carboxylic acids is 1. The number of fused-ring (bicyclic) bond motifs is 2. The third-order valence-electron chi connectivity index (χ3n) is 7.45. The van der Waals surface area contributed by atoms with E-state index < -0.39 is 6.10 Å². The van der Waals surface area contributed by atoms with E-state index in [1.54, 1.807) is 29.8 Å². The average molecular weight is 400 g/mol. The Morgan fingerprint density at radius 2 is 2.03 bits per heavy atom. The zero-order valence-corrected chi connectivity index (χ0v) is 17.7. The molecule has 0 amide bonds. The number of esters is 1. The van der Waals surface area contributed by atoms with E-state index in [-0.39, 0.29) is 35.1 Å². The van der Waals surface area contributed by atoms with Crippen molar-refractivity contribution >= 4 is 5.97 Å². The lowest BCUT2D eigenvalue weighted by atomic mass is 9.59. The van der Waals surface area contributed by atoms with Crippen LogP contribution in [0.15, 0.2) is 35.4 Å². The van der Waals surface area contributed by atoms with Gasteiger partial charge >= 0.3 is 5.97 Å². The van der Waals surface area contributed by atoms with Gasteiger partial charge in [0, 0.05) is 19.0 Å². The number of aromatic hydroxyl groups is 1. The lowest BCUT2D eigenvalue weighted by Gasteiger charge is -2.46. The van der Waals surface area contributed by atoms with Crippen LogP contribution in [0.2, 0.25) is 0 Å². The van der Waals surface area contributed by atoms with E-state index in [2.05, 4.69) is 13.8 Å². The number of carbonyl (C=O) groups is 1. The third kappa shape index (κ3) is 3.95. The zero-order chi connectivity index (χ0) is 20.8. The van der Waals surface area contributed by atoms with Gasteiger partial charge in [-0.3, -0.25) is 4.79 Å². The first-order valence-electron chi connectivity index (χ1n) is 10.8. The summed E-state index contributed by atoms with van der Waals surface area (Å²) in [7, 11) is 1.95. The summed E-state index contributed by atoms with van der Waals surface area (Å²) in [6.07, 6.45) is 4.90. The molecule has 1 saturated heterocycles. The van der Waals surface area contributed by atoms with Crippen molar-refractivity contribution in [2.45, 2.75) is 58.2 Å². The lowest BCUT2D eigenvalue weighted by molar-refractivity contribution is -0.145. The molecule has 2 fully saturated rings. The molecule has 0 unspecified atom stereocenters. The van der Waals surface area contributed by atoms with E-state index in [9.17, 15) is 15.0 Å². The van der Waals surface area contributed by atoms with E-state index in [4.69, 9.17) is 4.74 Å². The predicted molar refractivity (Wildman–Crippen MR) is 111 cm³/mol. The number of hydrogen-bond acceptors (Lipinski definition) is 5. The minimum absolute atomic E-state index is 0.0302. The molecule has 0 radical (unpaired) electrons. The smallest absolute Gasteiger partial charge is 0.310 e. The Morgan fingerprint density at radius 3 is 2.76 bits per heavy atom. The predicted octanol–water partition coefficient (Wildman–Crippen LogP) is 3.82. The van der Waals surface area contributed by atoms with Gasteiger partial charge in [-0.2, -0.15) is 0 Å². The van der Waals surface area contributed by atoms with Gasteiger partial charge in [0.05, 0.1) is 12.0 Å². The number of hydrogen-bond donors (Lipinski definition) is 2. The van der Waals surface area contributed by atoms with Crippen molar-refractivity contribution in [2.24, 2.45) is 17.3 Å². The SMILES string of the molecule is CC1=C2C[C@@H]3[C@H](CN(C)C[C@H](O)c4ccc(O)cc4)C(=O)O[C@@H]3C[C@@]2(C)CCC1. The molecule has 1 aromatic rings. The molecule has 0 aromatic heterocycles. The minimum atomic E-state index is -0.660. The first kappa shape index (κ1) is 20.4. The quantitative estimate of drug-likeness (QED) is 0.582. The van der Waals surface area contributed by atoms with Gasteiger partial charge in [0.2, 0.25) is 0 Å². The molecule has 158 valence electrons. The number of ether oxygens (including phenoxy) is 1. The highest BCUT2D eigenvalue weighted by Crippen LogP contribution is 2.55. The maximum Gasteiger partial charge on any atom is 0.310 e. The van der Waals surface area contributed by atoms with Crippen molar-refractivity contribution in [1.82, 2.24) is 4.90 Å². The summed E-state index contributed by atoms with van der Waals surface area (Å²) in [6, 6.07) is 6.62. The van der Waals surface area contributed by atoms with Crippen LogP contribution in [0, 0.1) is 17.3 Å². The first-order chi connectivity index (χ1) is 13.8. The van der Waals surface area contributed by atoms with Crippen molar-refractivity contribution in [3.63, 3.8) is 0 Å². The zero-order valence-electron chi connectivity index (χ0n) is 17.7. The van der Waals surface area contributed by atoms with Gasteiger partial charge < -0.3 is 19.8 Å². The maximum atomic E-state index is 12.7. The molecule has 0 spiro atoms. The molecule has 5 atom stereocenters. The fourth-order valence-electron chi connectivity index (χ4n) is 5.83. The van der Waals surface area contributed by atoms with E-state index >= 15 is 0 Å². The fourth-order valence-corrected chi connectivity index (χ4v) is 5.83. The first-order valence-corrected chi connectivity index (χ1v) is 10.8. The monoisotopic (exact) mass is 399 g/mol. The number of nitrogens with zero attached hydrogens (tertiary/aromatic N) is 1. The van der Waals surface area contributed by atoms with Crippen LogP contribution >= 0.6 is 0 Å². The molecule has 2 aliphatic carbocycles. The topological polar surface area (TPSA) is 70.0 Å². The Hall–Kier alpha value is -1.85. The maximum absolute atomic E-state index is 12.7. The largest absolute Gasteiger partial charge is 0.508 e. The number of aliphatic hydroxyl groups is 1. The summed E-state index contributed by atoms with van der Waals surface area (Å²) in [5, 5.41) is 20.0. The Balaban J connectivity index is 1.43. The number of allylic oxidation sites excluding steroid dienone is 2. The van der Waals surface area contributed by atoms with Crippen molar-refractivity contribution in [1.29, 1.82) is 0 Å². The number of aliphatic hydroxyl groups excluding tert-OH is 1. The molecular weight excluding hydrogens is 366 g/mol. The lowest BCUT2D eigenvalue weighted by Crippen LogP contribution is -2.41. The number of benzene rings is 1. The van der Waals surface area contributed by atoms with Crippen molar-refractivity contribution < 1.29 is 19.7 Å². The Labute approximate surface area is 173 Å². The third-order valence-corrected chi connectivity index (χ3v) is 7.45. The van der Waals surface area contributed by atoms with Gasteiger partial charge in [0.15, 0.2) is 0 Å². The van der Waals surface area contributed by atoms with Crippen molar-refractivity contribution in [3.05, 3.63) is 41.0 Å². The van der Waals surface area contributed by atoms with Crippen LogP contribution in [0.1, 0.15) is 57.6 Å². The van der Waals surface area contributed by atoms with Crippen LogP contribution in [-0.4, -0.2) is 47.3 Å². The Morgan fingerprint density at radius 1 is 1.31 bits per heavy atom. The summed E-state index contributed by atoms with van der Waals surface area (Å²) in [5.41, 5.74) is 4.05. The summed E-state index contributed by atoms with van der Waals surface area (Å²) in [5.74, 6) is 0.216. The molecule has 29 heavy (non-hydrogen) atoms. The minimum Gasteiger partial charge on any atom is -0.508 e.